The molecule has 0 spiro atoms. The number of carbonyl (C=O) groups excluding carboxylic acids is 2. The number of carbonyl (C=O) groups is 2. The second-order valence-corrected chi connectivity index (χ2v) is 7.92. The first-order valence-corrected chi connectivity index (χ1v) is 10.2. The standard InChI is InChI=1S/C19H25ClN2O6S/c1-26-10-11-28-15-3-2-13(20)12-14(15)19(18(21)25)5-4-16(29-19)17(24)22-6-8-27-9-7-23/h2-4,12,23H,5-11H2,1H3,(H2,21,25)(H,22,24). The van der Waals surface area contributed by atoms with Gasteiger partial charge >= 0.3 is 0 Å². The van der Waals surface area contributed by atoms with Crippen LogP contribution in [0.5, 0.6) is 5.75 Å². The molecule has 0 saturated heterocycles. The van der Waals surface area contributed by atoms with Gasteiger partial charge in [0.1, 0.15) is 17.1 Å². The van der Waals surface area contributed by atoms with Crippen LogP contribution in [0.1, 0.15) is 12.0 Å². The van der Waals surface area contributed by atoms with Crippen molar-refractivity contribution in [1.29, 1.82) is 0 Å². The van der Waals surface area contributed by atoms with Crippen LogP contribution in [0.15, 0.2) is 29.2 Å². The summed E-state index contributed by atoms with van der Waals surface area (Å²) in [5.41, 5.74) is 6.28. The van der Waals surface area contributed by atoms with Gasteiger partial charge < -0.3 is 30.4 Å². The van der Waals surface area contributed by atoms with Gasteiger partial charge in [-0.25, -0.2) is 0 Å². The van der Waals surface area contributed by atoms with Crippen LogP contribution in [-0.4, -0.2) is 63.6 Å². The molecule has 0 aromatic heterocycles. The fourth-order valence-electron chi connectivity index (χ4n) is 2.76. The summed E-state index contributed by atoms with van der Waals surface area (Å²) >= 11 is 7.24. The van der Waals surface area contributed by atoms with Crippen molar-refractivity contribution in [2.24, 2.45) is 5.73 Å². The number of hydrogen-bond acceptors (Lipinski definition) is 7. The number of halogens is 1. The molecule has 4 N–H and O–H groups in total. The molecule has 0 fully saturated rings. The SMILES string of the molecule is COCCOc1ccc(Cl)cc1C1(C(N)=O)CC=C(C(=O)NCCOCCO)S1. The number of nitrogens with two attached hydrogens (primary N) is 1. The van der Waals surface area contributed by atoms with Gasteiger partial charge in [0.2, 0.25) is 5.91 Å². The Bertz CT molecular complexity index is 760. The van der Waals surface area contributed by atoms with E-state index in [-0.39, 0.29) is 38.7 Å². The molecule has 1 aromatic carbocycles. The highest BCUT2D eigenvalue weighted by atomic mass is 35.5. The van der Waals surface area contributed by atoms with Gasteiger partial charge in [-0.1, -0.05) is 29.4 Å². The molecule has 2 amide bonds. The molecular formula is C19H25ClN2O6S. The van der Waals surface area contributed by atoms with Gasteiger partial charge in [-0.15, -0.1) is 0 Å². The normalized spacial score (nSPS) is 18.4. The van der Waals surface area contributed by atoms with E-state index in [4.69, 9.17) is 36.7 Å². The minimum Gasteiger partial charge on any atom is -0.491 e. The molecule has 1 atom stereocenters. The Morgan fingerprint density at radius 1 is 1.31 bits per heavy atom. The van der Waals surface area contributed by atoms with Crippen LogP contribution in [0, 0.1) is 0 Å². The predicted octanol–water partition coefficient (Wildman–Crippen LogP) is 1.19. The summed E-state index contributed by atoms with van der Waals surface area (Å²) in [6, 6.07) is 4.98. The average Bonchev–Trinajstić information content (AvgIpc) is 3.16. The Hall–Kier alpha value is -1.78. The minimum atomic E-state index is -1.20. The fraction of sp³-hybridized carbons (Fsp3) is 0.474. The number of nitrogens with one attached hydrogen (secondary N) is 1. The summed E-state index contributed by atoms with van der Waals surface area (Å²) in [5, 5.41) is 11.8. The second kappa shape index (κ2) is 11.4. The van der Waals surface area contributed by atoms with E-state index in [0.29, 0.717) is 34.5 Å². The highest BCUT2D eigenvalue weighted by molar-refractivity contribution is 8.05. The van der Waals surface area contributed by atoms with Gasteiger partial charge in [0.25, 0.3) is 5.91 Å². The summed E-state index contributed by atoms with van der Waals surface area (Å²) in [7, 11) is 1.56. The molecule has 0 radical (unpaired) electrons. The Balaban J connectivity index is 2.15. The molecule has 1 heterocycles. The van der Waals surface area contributed by atoms with Gasteiger partial charge in [0.05, 0.1) is 31.3 Å². The molecule has 160 valence electrons. The monoisotopic (exact) mass is 444 g/mol. The highest BCUT2D eigenvalue weighted by Gasteiger charge is 2.46. The fourth-order valence-corrected chi connectivity index (χ4v) is 4.18. The smallest absolute Gasteiger partial charge is 0.257 e. The Morgan fingerprint density at radius 2 is 2.10 bits per heavy atom. The van der Waals surface area contributed by atoms with Crippen LogP contribution in [0.2, 0.25) is 5.02 Å². The molecule has 1 aliphatic rings. The molecule has 0 aliphatic carbocycles. The molecule has 1 aliphatic heterocycles. The van der Waals surface area contributed by atoms with E-state index in [1.807, 2.05) is 0 Å². The molecule has 8 nitrogen and oxygen atoms in total. The van der Waals surface area contributed by atoms with Gasteiger partial charge in [-0.05, 0) is 24.6 Å². The number of primary amides is 1. The first kappa shape index (κ1) is 23.5. The number of aliphatic hydroxyl groups excluding tert-OH is 1. The van der Waals surface area contributed by atoms with E-state index in [0.717, 1.165) is 11.8 Å². The van der Waals surface area contributed by atoms with Gasteiger partial charge in [-0.2, -0.15) is 0 Å². The average molecular weight is 445 g/mol. The molecular weight excluding hydrogens is 420 g/mol. The number of benzene rings is 1. The third-order valence-corrected chi connectivity index (χ3v) is 5.91. The third kappa shape index (κ3) is 6.10. The van der Waals surface area contributed by atoms with Crippen LogP contribution in [-0.2, 0) is 23.8 Å². The second-order valence-electron chi connectivity index (χ2n) is 6.14. The number of aliphatic hydroxyl groups is 1. The lowest BCUT2D eigenvalue weighted by molar-refractivity contribution is -0.120. The quantitative estimate of drug-likeness (QED) is 0.414. The zero-order valence-electron chi connectivity index (χ0n) is 16.1. The van der Waals surface area contributed by atoms with E-state index in [9.17, 15) is 9.59 Å². The van der Waals surface area contributed by atoms with Crippen LogP contribution in [0.3, 0.4) is 0 Å². The molecule has 0 bridgehead atoms. The molecule has 29 heavy (non-hydrogen) atoms. The predicted molar refractivity (Wildman–Crippen MR) is 111 cm³/mol. The van der Waals surface area contributed by atoms with Crippen molar-refractivity contribution >= 4 is 35.2 Å². The summed E-state index contributed by atoms with van der Waals surface area (Å²) in [6.45, 7) is 1.35. The maximum Gasteiger partial charge on any atom is 0.257 e. The number of allylic oxidation sites excluding steroid dienone is 1. The van der Waals surface area contributed by atoms with Crippen LogP contribution < -0.4 is 15.8 Å². The van der Waals surface area contributed by atoms with Crippen LogP contribution >= 0.6 is 23.4 Å². The summed E-state index contributed by atoms with van der Waals surface area (Å²) in [6.07, 6.45) is 1.91. The van der Waals surface area contributed by atoms with E-state index >= 15 is 0 Å². The molecule has 1 aromatic rings. The molecule has 0 saturated carbocycles. The van der Waals surface area contributed by atoms with Crippen molar-refractivity contribution in [2.45, 2.75) is 11.2 Å². The van der Waals surface area contributed by atoms with Crippen molar-refractivity contribution in [3.63, 3.8) is 0 Å². The van der Waals surface area contributed by atoms with E-state index in [1.165, 1.54) is 0 Å². The molecule has 1 unspecified atom stereocenters. The number of amides is 2. The molecule has 10 heteroatoms. The Kier molecular flexibility index (Phi) is 9.25. The van der Waals surface area contributed by atoms with Crippen molar-refractivity contribution in [1.82, 2.24) is 5.32 Å². The van der Waals surface area contributed by atoms with Crippen molar-refractivity contribution < 1.29 is 28.9 Å². The van der Waals surface area contributed by atoms with Gasteiger partial charge in [0, 0.05) is 24.2 Å². The van der Waals surface area contributed by atoms with Gasteiger partial charge in [-0.3, -0.25) is 9.59 Å². The van der Waals surface area contributed by atoms with Crippen molar-refractivity contribution in [3.8, 4) is 5.75 Å². The third-order valence-electron chi connectivity index (χ3n) is 4.17. The van der Waals surface area contributed by atoms with Crippen LogP contribution in [0.25, 0.3) is 0 Å². The number of ether oxygens (including phenoxy) is 3. The van der Waals surface area contributed by atoms with Crippen LogP contribution in [0.4, 0.5) is 0 Å². The van der Waals surface area contributed by atoms with Crippen molar-refractivity contribution in [2.75, 3.05) is 46.7 Å². The topological polar surface area (TPSA) is 120 Å². The van der Waals surface area contributed by atoms with E-state index in [1.54, 1.807) is 31.4 Å². The molecule has 2 rings (SSSR count). The minimum absolute atomic E-state index is 0.0789. The number of thioether (sulfide) groups is 1. The Labute approximate surface area is 178 Å². The van der Waals surface area contributed by atoms with E-state index < -0.39 is 10.7 Å². The van der Waals surface area contributed by atoms with Crippen molar-refractivity contribution in [3.05, 3.63) is 39.8 Å². The first-order valence-electron chi connectivity index (χ1n) is 9.02. The number of methoxy groups -OCH3 is 1. The zero-order valence-corrected chi connectivity index (χ0v) is 17.7. The van der Waals surface area contributed by atoms with Gasteiger partial charge in [0.15, 0.2) is 0 Å². The number of rotatable bonds is 12. The Morgan fingerprint density at radius 3 is 2.79 bits per heavy atom. The highest BCUT2D eigenvalue weighted by Crippen LogP contribution is 2.52. The lowest BCUT2D eigenvalue weighted by Gasteiger charge is -2.28. The summed E-state index contributed by atoms with van der Waals surface area (Å²) in [5.74, 6) is -0.452. The zero-order chi connectivity index (χ0) is 21.3. The van der Waals surface area contributed by atoms with E-state index in [2.05, 4.69) is 5.32 Å². The first-order chi connectivity index (χ1) is 13.9. The summed E-state index contributed by atoms with van der Waals surface area (Å²) in [4.78, 5) is 25.3. The summed E-state index contributed by atoms with van der Waals surface area (Å²) < 4.78 is 14.7. The lowest BCUT2D eigenvalue weighted by atomic mass is 9.93. The number of hydrogen-bond donors (Lipinski definition) is 3. The largest absolute Gasteiger partial charge is 0.491 e. The maximum atomic E-state index is 12.5. The lowest BCUT2D eigenvalue weighted by Crippen LogP contribution is -2.37. The maximum absolute atomic E-state index is 12.5.